The van der Waals surface area contributed by atoms with Crippen molar-refractivity contribution in [3.8, 4) is 5.75 Å². The highest BCUT2D eigenvalue weighted by Crippen LogP contribution is 2.21. The maximum absolute atomic E-state index is 6.05. The first-order chi connectivity index (χ1) is 10.3. The molecule has 0 unspecified atom stereocenters. The number of para-hydroxylation sites is 1. The molecule has 1 saturated carbocycles. The Balaban J connectivity index is 0.00000176. The first kappa shape index (κ1) is 17.4. The fourth-order valence-electron chi connectivity index (χ4n) is 2.67. The standard InChI is InChI=1S/C17H25N3O.HI/c1-2-18-17(19-14-8-9-14)20-12-10-16(11-13-20)21-15-6-4-3-5-7-15;/h3-7,14,16H,2,8-13H2,1H3,(H,18,19);1H. The third kappa shape index (κ3) is 5.04. The SMILES string of the molecule is CCN=C(NC1CC1)N1CCC(Oc2ccccc2)CC1.I. The van der Waals surface area contributed by atoms with Crippen molar-refractivity contribution in [3.63, 3.8) is 0 Å². The number of ether oxygens (including phenoxy) is 1. The van der Waals surface area contributed by atoms with Crippen LogP contribution in [0.1, 0.15) is 32.6 Å². The van der Waals surface area contributed by atoms with E-state index < -0.39 is 0 Å². The first-order valence-corrected chi connectivity index (χ1v) is 8.13. The van der Waals surface area contributed by atoms with Crippen LogP contribution < -0.4 is 10.1 Å². The Morgan fingerprint density at radius 2 is 1.86 bits per heavy atom. The highest BCUT2D eigenvalue weighted by molar-refractivity contribution is 14.0. The van der Waals surface area contributed by atoms with Gasteiger partial charge in [0.25, 0.3) is 0 Å². The summed E-state index contributed by atoms with van der Waals surface area (Å²) in [6.45, 7) is 4.99. The number of likely N-dealkylation sites (tertiary alicyclic amines) is 1. The van der Waals surface area contributed by atoms with Crippen LogP contribution in [0.2, 0.25) is 0 Å². The third-order valence-corrected chi connectivity index (χ3v) is 4.01. The number of halogens is 1. The second-order valence-electron chi connectivity index (χ2n) is 5.83. The predicted molar refractivity (Wildman–Crippen MR) is 101 cm³/mol. The van der Waals surface area contributed by atoms with Crippen molar-refractivity contribution in [1.29, 1.82) is 0 Å². The number of hydrogen-bond acceptors (Lipinski definition) is 2. The normalized spacial score (nSPS) is 19.5. The Morgan fingerprint density at radius 3 is 2.45 bits per heavy atom. The lowest BCUT2D eigenvalue weighted by molar-refractivity contribution is 0.129. The number of benzene rings is 1. The molecule has 122 valence electrons. The third-order valence-electron chi connectivity index (χ3n) is 4.01. The zero-order valence-corrected chi connectivity index (χ0v) is 15.5. The molecule has 2 aliphatic rings. The highest BCUT2D eigenvalue weighted by Gasteiger charge is 2.27. The second-order valence-corrected chi connectivity index (χ2v) is 5.83. The minimum absolute atomic E-state index is 0. The lowest BCUT2D eigenvalue weighted by Crippen LogP contribution is -2.48. The molecule has 2 fully saturated rings. The fourth-order valence-corrected chi connectivity index (χ4v) is 2.67. The zero-order valence-electron chi connectivity index (χ0n) is 13.2. The van der Waals surface area contributed by atoms with Gasteiger partial charge in [-0.3, -0.25) is 4.99 Å². The molecule has 0 atom stereocenters. The number of hydrogen-bond donors (Lipinski definition) is 1. The van der Waals surface area contributed by atoms with Crippen molar-refractivity contribution >= 4 is 29.9 Å². The Bertz CT molecular complexity index is 468. The average Bonchev–Trinajstić information content (AvgIpc) is 3.33. The van der Waals surface area contributed by atoms with Crippen LogP contribution in [0.4, 0.5) is 0 Å². The molecule has 1 saturated heterocycles. The summed E-state index contributed by atoms with van der Waals surface area (Å²) >= 11 is 0. The molecular weight excluding hydrogens is 389 g/mol. The van der Waals surface area contributed by atoms with Gasteiger partial charge in [-0.2, -0.15) is 0 Å². The Hall–Kier alpha value is -0.980. The molecule has 1 aromatic carbocycles. The van der Waals surface area contributed by atoms with Crippen LogP contribution in [0.15, 0.2) is 35.3 Å². The first-order valence-electron chi connectivity index (χ1n) is 8.13. The summed E-state index contributed by atoms with van der Waals surface area (Å²) in [7, 11) is 0. The van der Waals surface area contributed by atoms with Crippen LogP contribution in [-0.2, 0) is 0 Å². The van der Waals surface area contributed by atoms with Crippen LogP contribution in [0.25, 0.3) is 0 Å². The molecule has 5 heteroatoms. The van der Waals surface area contributed by atoms with Gasteiger partial charge in [0, 0.05) is 38.5 Å². The van der Waals surface area contributed by atoms with E-state index in [2.05, 4.69) is 22.1 Å². The van der Waals surface area contributed by atoms with E-state index in [1.54, 1.807) is 0 Å². The van der Waals surface area contributed by atoms with Crippen molar-refractivity contribution in [2.45, 2.75) is 44.8 Å². The number of piperidine rings is 1. The zero-order chi connectivity index (χ0) is 14.5. The molecule has 3 rings (SSSR count). The largest absolute Gasteiger partial charge is 0.490 e. The van der Waals surface area contributed by atoms with E-state index in [1.807, 2.05) is 30.3 Å². The van der Waals surface area contributed by atoms with Gasteiger partial charge in [0.05, 0.1) is 0 Å². The molecular formula is C17H26IN3O. The summed E-state index contributed by atoms with van der Waals surface area (Å²) in [5.41, 5.74) is 0. The minimum Gasteiger partial charge on any atom is -0.490 e. The summed E-state index contributed by atoms with van der Waals surface area (Å²) < 4.78 is 6.05. The smallest absolute Gasteiger partial charge is 0.194 e. The van der Waals surface area contributed by atoms with Crippen molar-refractivity contribution < 1.29 is 4.74 Å². The molecule has 0 spiro atoms. The van der Waals surface area contributed by atoms with E-state index in [4.69, 9.17) is 4.74 Å². The molecule has 1 aromatic rings. The molecule has 0 amide bonds. The van der Waals surface area contributed by atoms with Crippen LogP contribution in [0.3, 0.4) is 0 Å². The van der Waals surface area contributed by atoms with Crippen LogP contribution >= 0.6 is 24.0 Å². The van der Waals surface area contributed by atoms with E-state index >= 15 is 0 Å². The maximum Gasteiger partial charge on any atom is 0.194 e. The van der Waals surface area contributed by atoms with Gasteiger partial charge in [-0.1, -0.05) is 18.2 Å². The average molecular weight is 415 g/mol. The van der Waals surface area contributed by atoms with Crippen molar-refractivity contribution in [3.05, 3.63) is 30.3 Å². The highest BCUT2D eigenvalue weighted by atomic mass is 127. The number of nitrogens with one attached hydrogen (secondary N) is 1. The van der Waals surface area contributed by atoms with Crippen LogP contribution in [0.5, 0.6) is 5.75 Å². The molecule has 4 nitrogen and oxygen atoms in total. The van der Waals surface area contributed by atoms with Crippen LogP contribution in [0, 0.1) is 0 Å². The monoisotopic (exact) mass is 415 g/mol. The lowest BCUT2D eigenvalue weighted by atomic mass is 10.1. The van der Waals surface area contributed by atoms with Gasteiger partial charge >= 0.3 is 0 Å². The summed E-state index contributed by atoms with van der Waals surface area (Å²) in [6, 6.07) is 10.8. The van der Waals surface area contributed by atoms with Gasteiger partial charge in [-0.05, 0) is 31.9 Å². The number of nitrogens with zero attached hydrogens (tertiary/aromatic N) is 2. The van der Waals surface area contributed by atoms with Gasteiger partial charge in [0.1, 0.15) is 11.9 Å². The Morgan fingerprint density at radius 1 is 1.18 bits per heavy atom. The number of rotatable bonds is 4. The van der Waals surface area contributed by atoms with E-state index in [0.29, 0.717) is 12.1 Å². The summed E-state index contributed by atoms with van der Waals surface area (Å²) in [5, 5.41) is 3.56. The molecule has 0 aromatic heterocycles. The Labute approximate surface area is 150 Å². The van der Waals surface area contributed by atoms with Crippen molar-refractivity contribution in [2.75, 3.05) is 19.6 Å². The molecule has 1 aliphatic heterocycles. The van der Waals surface area contributed by atoms with Crippen molar-refractivity contribution in [2.24, 2.45) is 4.99 Å². The molecule has 22 heavy (non-hydrogen) atoms. The predicted octanol–water partition coefficient (Wildman–Crippen LogP) is 3.28. The van der Waals surface area contributed by atoms with Gasteiger partial charge < -0.3 is 15.0 Å². The van der Waals surface area contributed by atoms with E-state index in [-0.39, 0.29) is 24.0 Å². The number of guanidine groups is 1. The summed E-state index contributed by atoms with van der Waals surface area (Å²) in [4.78, 5) is 7.01. The van der Waals surface area contributed by atoms with Crippen molar-refractivity contribution in [1.82, 2.24) is 10.2 Å². The molecule has 0 radical (unpaired) electrons. The number of aliphatic imine (C=N–C) groups is 1. The molecule has 1 aliphatic carbocycles. The lowest BCUT2D eigenvalue weighted by Gasteiger charge is -2.34. The second kappa shape index (κ2) is 8.60. The topological polar surface area (TPSA) is 36.9 Å². The van der Waals surface area contributed by atoms with Crippen LogP contribution in [-0.4, -0.2) is 42.6 Å². The molecule has 1 N–H and O–H groups in total. The summed E-state index contributed by atoms with van der Waals surface area (Å²) in [6.07, 6.45) is 5.02. The summed E-state index contributed by atoms with van der Waals surface area (Å²) in [5.74, 6) is 2.08. The Kier molecular flexibility index (Phi) is 6.79. The van der Waals surface area contributed by atoms with E-state index in [0.717, 1.165) is 44.2 Å². The fraction of sp³-hybridized carbons (Fsp3) is 0.588. The molecule has 1 heterocycles. The van der Waals surface area contributed by atoms with E-state index in [9.17, 15) is 0 Å². The van der Waals surface area contributed by atoms with Gasteiger partial charge in [0.15, 0.2) is 5.96 Å². The van der Waals surface area contributed by atoms with Gasteiger partial charge in [0.2, 0.25) is 0 Å². The minimum atomic E-state index is 0. The molecule has 0 bridgehead atoms. The maximum atomic E-state index is 6.05. The van der Waals surface area contributed by atoms with E-state index in [1.165, 1.54) is 12.8 Å². The van der Waals surface area contributed by atoms with Gasteiger partial charge in [-0.25, -0.2) is 0 Å². The quantitative estimate of drug-likeness (QED) is 0.466. The van der Waals surface area contributed by atoms with Gasteiger partial charge in [-0.15, -0.1) is 24.0 Å².